The lowest BCUT2D eigenvalue weighted by Gasteiger charge is -2.20. The molecule has 27 heavy (non-hydrogen) atoms. The predicted octanol–water partition coefficient (Wildman–Crippen LogP) is 4.62. The first kappa shape index (κ1) is 19.4. The van der Waals surface area contributed by atoms with Crippen molar-refractivity contribution >= 4 is 11.7 Å². The Hall–Kier alpha value is -2.41. The van der Waals surface area contributed by atoms with Crippen LogP contribution < -0.4 is 4.90 Å². The highest BCUT2D eigenvalue weighted by Crippen LogP contribution is 2.44. The molecular formula is C20H23F2NO4. The van der Waals surface area contributed by atoms with Crippen LogP contribution in [0.4, 0.5) is 14.5 Å². The van der Waals surface area contributed by atoms with Gasteiger partial charge < -0.3 is 19.2 Å². The maximum Gasteiger partial charge on any atom is 0.303 e. The number of ether oxygens (including phenoxy) is 1. The molecule has 1 heterocycles. The van der Waals surface area contributed by atoms with Crippen molar-refractivity contribution in [3.05, 3.63) is 41.7 Å². The normalized spacial score (nSPS) is 15.0. The maximum atomic E-state index is 14.5. The van der Waals surface area contributed by atoms with E-state index in [0.717, 1.165) is 12.8 Å². The molecule has 1 aromatic carbocycles. The van der Waals surface area contributed by atoms with Crippen molar-refractivity contribution in [2.45, 2.75) is 31.8 Å². The Morgan fingerprint density at radius 3 is 2.56 bits per heavy atom. The van der Waals surface area contributed by atoms with E-state index < -0.39 is 17.6 Å². The first-order valence-electron chi connectivity index (χ1n) is 8.95. The minimum atomic E-state index is -0.936. The van der Waals surface area contributed by atoms with Crippen LogP contribution in [-0.2, 0) is 9.53 Å². The van der Waals surface area contributed by atoms with Crippen LogP contribution in [0.2, 0.25) is 0 Å². The molecule has 1 unspecified atom stereocenters. The predicted molar refractivity (Wildman–Crippen MR) is 96.7 cm³/mol. The number of rotatable bonds is 9. The van der Waals surface area contributed by atoms with E-state index in [0.29, 0.717) is 29.4 Å². The van der Waals surface area contributed by atoms with E-state index in [1.807, 2.05) is 0 Å². The lowest BCUT2D eigenvalue weighted by atomic mass is 10.1. The molecule has 0 bridgehead atoms. The third kappa shape index (κ3) is 4.47. The summed E-state index contributed by atoms with van der Waals surface area (Å²) in [5.41, 5.74) is 0.133. The van der Waals surface area contributed by atoms with Crippen LogP contribution in [0.1, 0.15) is 37.5 Å². The summed E-state index contributed by atoms with van der Waals surface area (Å²) in [6, 6.07) is 5.93. The summed E-state index contributed by atoms with van der Waals surface area (Å²) in [6.45, 7) is 0.237. The van der Waals surface area contributed by atoms with Gasteiger partial charge in [-0.25, -0.2) is 8.78 Å². The number of nitrogens with zero attached hydrogens (tertiary/aromatic N) is 1. The molecule has 0 radical (unpaired) electrons. The molecule has 0 saturated heterocycles. The minimum absolute atomic E-state index is 0.0531. The molecule has 3 rings (SSSR count). The van der Waals surface area contributed by atoms with Gasteiger partial charge in [0.15, 0.2) is 0 Å². The smallest absolute Gasteiger partial charge is 0.303 e. The monoisotopic (exact) mass is 379 g/mol. The highest BCUT2D eigenvalue weighted by Gasteiger charge is 2.34. The van der Waals surface area contributed by atoms with Gasteiger partial charge in [-0.2, -0.15) is 0 Å². The highest BCUT2D eigenvalue weighted by molar-refractivity contribution is 5.67. The molecule has 0 aliphatic heterocycles. The summed E-state index contributed by atoms with van der Waals surface area (Å²) in [5, 5.41) is 8.68. The topological polar surface area (TPSA) is 62.9 Å². The van der Waals surface area contributed by atoms with Crippen LogP contribution in [0.25, 0.3) is 11.3 Å². The molecule has 0 amide bonds. The molecule has 146 valence electrons. The summed E-state index contributed by atoms with van der Waals surface area (Å²) in [7, 11) is 3.16. The van der Waals surface area contributed by atoms with Crippen molar-refractivity contribution in [2.75, 3.05) is 25.6 Å². The van der Waals surface area contributed by atoms with Gasteiger partial charge in [0.1, 0.15) is 34.9 Å². The molecule has 1 aromatic heterocycles. The Kier molecular flexibility index (Phi) is 5.79. The number of carboxylic acid groups (broad SMARTS) is 1. The third-order valence-electron chi connectivity index (χ3n) is 4.78. The Labute approximate surface area is 156 Å². The Morgan fingerprint density at radius 2 is 2.00 bits per heavy atom. The van der Waals surface area contributed by atoms with E-state index in [-0.39, 0.29) is 24.8 Å². The van der Waals surface area contributed by atoms with Crippen molar-refractivity contribution in [2.24, 2.45) is 5.92 Å². The SMILES string of the molecule is COC(c1ccc(-c2cc(F)c(N(C)CCCC(=O)O)c(F)c2)o1)C1CC1. The van der Waals surface area contributed by atoms with E-state index in [1.165, 1.54) is 24.1 Å². The Morgan fingerprint density at radius 1 is 1.33 bits per heavy atom. The van der Waals surface area contributed by atoms with Gasteiger partial charge in [0.25, 0.3) is 0 Å². The van der Waals surface area contributed by atoms with Gasteiger partial charge in [0.2, 0.25) is 0 Å². The summed E-state index contributed by atoms with van der Waals surface area (Å²) in [5.74, 6) is -0.896. The molecule has 0 spiro atoms. The van der Waals surface area contributed by atoms with Crippen LogP contribution in [0, 0.1) is 17.6 Å². The average Bonchev–Trinajstić information content (AvgIpc) is 3.30. The van der Waals surface area contributed by atoms with Crippen LogP contribution in [0.15, 0.2) is 28.7 Å². The van der Waals surface area contributed by atoms with Gasteiger partial charge in [-0.3, -0.25) is 4.79 Å². The van der Waals surface area contributed by atoms with Crippen molar-refractivity contribution < 1.29 is 27.8 Å². The van der Waals surface area contributed by atoms with Crippen LogP contribution in [0.3, 0.4) is 0 Å². The largest absolute Gasteiger partial charge is 0.481 e. The zero-order chi connectivity index (χ0) is 19.6. The number of carbonyl (C=O) groups is 1. The molecule has 1 N–H and O–H groups in total. The third-order valence-corrected chi connectivity index (χ3v) is 4.78. The second kappa shape index (κ2) is 8.08. The van der Waals surface area contributed by atoms with Crippen molar-refractivity contribution in [1.82, 2.24) is 0 Å². The number of hydrogen-bond acceptors (Lipinski definition) is 4. The summed E-state index contributed by atoms with van der Waals surface area (Å²) in [6.07, 6.45) is 2.28. The van der Waals surface area contributed by atoms with E-state index in [2.05, 4.69) is 0 Å². The number of hydrogen-bond donors (Lipinski definition) is 1. The zero-order valence-electron chi connectivity index (χ0n) is 15.4. The number of anilines is 1. The molecule has 5 nitrogen and oxygen atoms in total. The summed E-state index contributed by atoms with van der Waals surface area (Å²) in [4.78, 5) is 12.0. The van der Waals surface area contributed by atoms with E-state index in [4.69, 9.17) is 14.3 Å². The number of halogens is 2. The second-order valence-electron chi connectivity index (χ2n) is 6.90. The van der Waals surface area contributed by atoms with Gasteiger partial charge in [-0.05, 0) is 49.4 Å². The summed E-state index contributed by atoms with van der Waals surface area (Å²) >= 11 is 0. The van der Waals surface area contributed by atoms with Crippen molar-refractivity contribution in [3.63, 3.8) is 0 Å². The maximum absolute atomic E-state index is 14.5. The average molecular weight is 379 g/mol. The fraction of sp³-hybridized carbons (Fsp3) is 0.450. The van der Waals surface area contributed by atoms with Gasteiger partial charge in [0, 0.05) is 32.7 Å². The molecule has 1 saturated carbocycles. The number of furan rings is 1. The van der Waals surface area contributed by atoms with Gasteiger partial charge in [-0.1, -0.05) is 0 Å². The standard InChI is InChI=1S/C20H23F2NO4/c1-23(9-3-4-18(24)25)19-14(21)10-13(11-15(19)22)16-7-8-17(27-16)20(26-2)12-5-6-12/h7-8,10-12,20H,3-6,9H2,1-2H3,(H,24,25). The van der Waals surface area contributed by atoms with Crippen LogP contribution in [0.5, 0.6) is 0 Å². The van der Waals surface area contributed by atoms with Gasteiger partial charge >= 0.3 is 5.97 Å². The van der Waals surface area contributed by atoms with Gasteiger partial charge in [-0.15, -0.1) is 0 Å². The number of carboxylic acids is 1. The highest BCUT2D eigenvalue weighted by atomic mass is 19.1. The Bertz CT molecular complexity index is 793. The molecular weight excluding hydrogens is 356 g/mol. The first-order valence-corrected chi connectivity index (χ1v) is 8.95. The number of benzene rings is 1. The fourth-order valence-electron chi connectivity index (χ4n) is 3.25. The molecule has 1 fully saturated rings. The second-order valence-corrected chi connectivity index (χ2v) is 6.90. The van der Waals surface area contributed by atoms with Gasteiger partial charge in [0.05, 0.1) is 0 Å². The lowest BCUT2D eigenvalue weighted by molar-refractivity contribution is -0.137. The molecule has 7 heteroatoms. The summed E-state index contributed by atoms with van der Waals surface area (Å²) < 4.78 is 40.3. The lowest BCUT2D eigenvalue weighted by Crippen LogP contribution is -2.21. The number of methoxy groups -OCH3 is 1. The molecule has 2 aromatic rings. The molecule has 1 atom stereocenters. The van der Waals surface area contributed by atoms with Crippen LogP contribution in [-0.4, -0.2) is 31.8 Å². The van der Waals surface area contributed by atoms with E-state index in [1.54, 1.807) is 19.2 Å². The van der Waals surface area contributed by atoms with E-state index >= 15 is 0 Å². The van der Waals surface area contributed by atoms with Crippen molar-refractivity contribution in [1.29, 1.82) is 0 Å². The quantitative estimate of drug-likeness (QED) is 0.689. The molecule has 1 aliphatic carbocycles. The van der Waals surface area contributed by atoms with E-state index in [9.17, 15) is 13.6 Å². The zero-order valence-corrected chi connectivity index (χ0v) is 15.4. The fourth-order valence-corrected chi connectivity index (χ4v) is 3.25. The first-order chi connectivity index (χ1) is 12.9. The Balaban J connectivity index is 1.78. The minimum Gasteiger partial charge on any atom is -0.481 e. The number of aliphatic carboxylic acids is 1. The van der Waals surface area contributed by atoms with Crippen LogP contribution >= 0.6 is 0 Å². The van der Waals surface area contributed by atoms with Crippen molar-refractivity contribution in [3.8, 4) is 11.3 Å². The molecule has 1 aliphatic rings.